The van der Waals surface area contributed by atoms with Gasteiger partial charge in [-0.2, -0.15) is 0 Å². The summed E-state index contributed by atoms with van der Waals surface area (Å²) in [5.74, 6) is 0.813. The topological polar surface area (TPSA) is 3.24 Å². The molecule has 1 heterocycles. The zero-order valence-corrected chi connectivity index (χ0v) is 6.69. The van der Waals surface area contributed by atoms with Crippen LogP contribution in [0.3, 0.4) is 0 Å². The van der Waals surface area contributed by atoms with Gasteiger partial charge in [0.2, 0.25) is 0 Å². The molecule has 0 aromatic heterocycles. The molecule has 1 rings (SSSR count). The van der Waals surface area contributed by atoms with E-state index in [0.717, 1.165) is 12.4 Å². The van der Waals surface area contributed by atoms with Crippen LogP contribution in [0.2, 0.25) is 0 Å². The van der Waals surface area contributed by atoms with Gasteiger partial charge >= 0.3 is 0 Å². The molecule has 2 heteroatoms. The molecule has 0 bridgehead atoms. The molecule has 0 aliphatic carbocycles. The maximum absolute atomic E-state index is 5.74. The third kappa shape index (κ3) is 1.59. The van der Waals surface area contributed by atoms with Gasteiger partial charge in [0.05, 0.1) is 0 Å². The molecule has 0 amide bonds. The number of likely N-dealkylation sites (tertiary alicyclic amines) is 1. The molecule has 1 fully saturated rings. The first-order chi connectivity index (χ1) is 4.38. The molecule has 0 aromatic rings. The van der Waals surface area contributed by atoms with E-state index in [1.54, 1.807) is 0 Å². The molecule has 1 aliphatic rings. The van der Waals surface area contributed by atoms with Crippen LogP contribution in [0.15, 0.2) is 0 Å². The second-order valence-corrected chi connectivity index (χ2v) is 2.89. The molecular formula is C7H14ClN. The highest BCUT2D eigenvalue weighted by atomic mass is 35.5. The predicted octanol–water partition coefficient (Wildman–Crippen LogP) is 1.71. The van der Waals surface area contributed by atoms with Gasteiger partial charge in [0.15, 0.2) is 0 Å². The van der Waals surface area contributed by atoms with Crippen molar-refractivity contribution in [3.63, 3.8) is 0 Å². The normalized spacial score (nSPS) is 29.3. The SMILES string of the molecule is CCN1CCCC1CCl. The van der Waals surface area contributed by atoms with Crippen molar-refractivity contribution in [1.82, 2.24) is 4.90 Å². The molecule has 1 atom stereocenters. The van der Waals surface area contributed by atoms with Crippen molar-refractivity contribution in [2.75, 3.05) is 19.0 Å². The minimum atomic E-state index is 0.677. The summed E-state index contributed by atoms with van der Waals surface area (Å²) in [6, 6.07) is 0.677. The smallest absolute Gasteiger partial charge is 0.0379 e. The van der Waals surface area contributed by atoms with Crippen LogP contribution in [0.25, 0.3) is 0 Å². The highest BCUT2D eigenvalue weighted by Crippen LogP contribution is 2.16. The average molecular weight is 148 g/mol. The largest absolute Gasteiger partial charge is 0.299 e. The zero-order chi connectivity index (χ0) is 6.69. The van der Waals surface area contributed by atoms with E-state index in [0.29, 0.717) is 6.04 Å². The maximum Gasteiger partial charge on any atom is 0.0379 e. The molecule has 54 valence electrons. The van der Waals surface area contributed by atoms with Crippen LogP contribution in [0, 0.1) is 0 Å². The van der Waals surface area contributed by atoms with Crippen LogP contribution in [-0.2, 0) is 0 Å². The third-order valence-corrected chi connectivity index (χ3v) is 2.44. The van der Waals surface area contributed by atoms with E-state index in [-0.39, 0.29) is 0 Å². The molecule has 0 saturated carbocycles. The molecule has 1 saturated heterocycles. The Morgan fingerprint density at radius 3 is 2.89 bits per heavy atom. The Kier molecular flexibility index (Phi) is 2.80. The van der Waals surface area contributed by atoms with Gasteiger partial charge in [0, 0.05) is 11.9 Å². The summed E-state index contributed by atoms with van der Waals surface area (Å²) in [7, 11) is 0. The Bertz CT molecular complexity index is 75.0. The van der Waals surface area contributed by atoms with Gasteiger partial charge in [0.1, 0.15) is 0 Å². The van der Waals surface area contributed by atoms with E-state index in [4.69, 9.17) is 11.6 Å². The van der Waals surface area contributed by atoms with Crippen LogP contribution < -0.4 is 0 Å². The molecule has 1 nitrogen and oxygen atoms in total. The van der Waals surface area contributed by atoms with Gasteiger partial charge in [-0.05, 0) is 25.9 Å². The number of hydrogen-bond donors (Lipinski definition) is 0. The second kappa shape index (κ2) is 3.43. The van der Waals surface area contributed by atoms with Crippen molar-refractivity contribution in [3.8, 4) is 0 Å². The minimum absolute atomic E-state index is 0.677. The molecular weight excluding hydrogens is 134 g/mol. The summed E-state index contributed by atoms with van der Waals surface area (Å²) < 4.78 is 0. The quantitative estimate of drug-likeness (QED) is 0.538. The molecule has 1 aliphatic heterocycles. The van der Waals surface area contributed by atoms with Crippen molar-refractivity contribution < 1.29 is 0 Å². The van der Waals surface area contributed by atoms with Crippen LogP contribution in [0.4, 0.5) is 0 Å². The fourth-order valence-electron chi connectivity index (χ4n) is 1.49. The first-order valence-corrected chi connectivity index (χ1v) is 4.22. The van der Waals surface area contributed by atoms with Crippen molar-refractivity contribution in [2.24, 2.45) is 0 Å². The number of halogens is 1. The van der Waals surface area contributed by atoms with Crippen molar-refractivity contribution in [2.45, 2.75) is 25.8 Å². The van der Waals surface area contributed by atoms with Gasteiger partial charge in [-0.15, -0.1) is 11.6 Å². The van der Waals surface area contributed by atoms with E-state index < -0.39 is 0 Å². The summed E-state index contributed by atoms with van der Waals surface area (Å²) in [5.41, 5.74) is 0. The first kappa shape index (κ1) is 7.36. The maximum atomic E-state index is 5.74. The van der Waals surface area contributed by atoms with Crippen LogP contribution in [-0.4, -0.2) is 29.9 Å². The highest BCUT2D eigenvalue weighted by Gasteiger charge is 2.20. The third-order valence-electron chi connectivity index (χ3n) is 2.08. The van der Waals surface area contributed by atoms with Crippen LogP contribution in [0.5, 0.6) is 0 Å². The monoisotopic (exact) mass is 147 g/mol. The Balaban J connectivity index is 2.32. The number of nitrogens with zero attached hydrogens (tertiary/aromatic N) is 1. The van der Waals surface area contributed by atoms with E-state index in [9.17, 15) is 0 Å². The van der Waals surface area contributed by atoms with Gasteiger partial charge in [-0.25, -0.2) is 0 Å². The number of rotatable bonds is 2. The fourth-order valence-corrected chi connectivity index (χ4v) is 1.84. The Labute approximate surface area is 62.0 Å². The highest BCUT2D eigenvalue weighted by molar-refractivity contribution is 6.18. The standard InChI is InChI=1S/C7H14ClN/c1-2-9-5-3-4-7(9)6-8/h7H,2-6H2,1H3. The zero-order valence-electron chi connectivity index (χ0n) is 5.94. The van der Waals surface area contributed by atoms with Gasteiger partial charge in [0.25, 0.3) is 0 Å². The molecule has 0 N–H and O–H groups in total. The van der Waals surface area contributed by atoms with Gasteiger partial charge in [-0.1, -0.05) is 6.92 Å². The summed E-state index contributed by atoms with van der Waals surface area (Å²) in [6.45, 7) is 4.62. The fraction of sp³-hybridized carbons (Fsp3) is 1.00. The summed E-state index contributed by atoms with van der Waals surface area (Å²) >= 11 is 5.74. The van der Waals surface area contributed by atoms with Crippen molar-refractivity contribution >= 4 is 11.6 Å². The number of alkyl halides is 1. The lowest BCUT2D eigenvalue weighted by molar-refractivity contribution is 0.286. The Morgan fingerprint density at radius 1 is 1.67 bits per heavy atom. The molecule has 0 radical (unpaired) electrons. The Hall–Kier alpha value is 0.250. The lowest BCUT2D eigenvalue weighted by Gasteiger charge is -2.19. The molecule has 0 aromatic carbocycles. The minimum Gasteiger partial charge on any atom is -0.299 e. The summed E-state index contributed by atoms with van der Waals surface area (Å²) in [6.07, 6.45) is 2.64. The van der Waals surface area contributed by atoms with E-state index in [1.165, 1.54) is 19.4 Å². The number of hydrogen-bond acceptors (Lipinski definition) is 1. The Morgan fingerprint density at radius 2 is 2.44 bits per heavy atom. The van der Waals surface area contributed by atoms with Crippen LogP contribution >= 0.6 is 11.6 Å². The molecule has 1 unspecified atom stereocenters. The van der Waals surface area contributed by atoms with E-state index >= 15 is 0 Å². The van der Waals surface area contributed by atoms with E-state index in [1.807, 2.05) is 0 Å². The van der Waals surface area contributed by atoms with Crippen molar-refractivity contribution in [3.05, 3.63) is 0 Å². The average Bonchev–Trinajstić information content (AvgIpc) is 2.33. The van der Waals surface area contributed by atoms with Gasteiger partial charge in [-0.3, -0.25) is 4.90 Å². The first-order valence-electron chi connectivity index (χ1n) is 3.68. The summed E-state index contributed by atoms with van der Waals surface area (Å²) in [5, 5.41) is 0. The molecule has 9 heavy (non-hydrogen) atoms. The lowest BCUT2D eigenvalue weighted by Crippen LogP contribution is -2.30. The lowest BCUT2D eigenvalue weighted by atomic mass is 10.2. The second-order valence-electron chi connectivity index (χ2n) is 2.58. The molecule has 0 spiro atoms. The van der Waals surface area contributed by atoms with Crippen molar-refractivity contribution in [1.29, 1.82) is 0 Å². The summed E-state index contributed by atoms with van der Waals surface area (Å²) in [4.78, 5) is 2.45. The van der Waals surface area contributed by atoms with E-state index in [2.05, 4.69) is 11.8 Å². The predicted molar refractivity (Wildman–Crippen MR) is 41.0 cm³/mol. The van der Waals surface area contributed by atoms with Crippen LogP contribution in [0.1, 0.15) is 19.8 Å². The van der Waals surface area contributed by atoms with Gasteiger partial charge < -0.3 is 0 Å².